The Hall–Kier alpha value is -0.830. The van der Waals surface area contributed by atoms with Crippen LogP contribution in [0.3, 0.4) is 0 Å². The predicted octanol–water partition coefficient (Wildman–Crippen LogP) is 3.69. The van der Waals surface area contributed by atoms with Crippen molar-refractivity contribution in [3.05, 3.63) is 18.0 Å². The van der Waals surface area contributed by atoms with Gasteiger partial charge >= 0.3 is 0 Å². The first kappa shape index (κ1) is 15.6. The van der Waals surface area contributed by atoms with Gasteiger partial charge in [0.15, 0.2) is 0 Å². The summed E-state index contributed by atoms with van der Waals surface area (Å²) >= 11 is 0. The summed E-state index contributed by atoms with van der Waals surface area (Å²) in [5.74, 6) is 0.890. The van der Waals surface area contributed by atoms with E-state index < -0.39 is 0 Å². The SMILES string of the molecule is CCCNC(CCc1cnn(C)c1)C1CCCCCC1. The smallest absolute Gasteiger partial charge is 0.0521 e. The van der Waals surface area contributed by atoms with Gasteiger partial charge in [-0.1, -0.05) is 32.6 Å². The van der Waals surface area contributed by atoms with E-state index in [0.29, 0.717) is 6.04 Å². The van der Waals surface area contributed by atoms with Gasteiger partial charge in [-0.2, -0.15) is 5.10 Å². The van der Waals surface area contributed by atoms with E-state index in [4.69, 9.17) is 0 Å². The maximum atomic E-state index is 4.28. The van der Waals surface area contributed by atoms with Crippen LogP contribution in [0.15, 0.2) is 12.4 Å². The Balaban J connectivity index is 1.87. The van der Waals surface area contributed by atoms with Gasteiger partial charge in [0.1, 0.15) is 0 Å². The van der Waals surface area contributed by atoms with Crippen molar-refractivity contribution < 1.29 is 0 Å². The van der Waals surface area contributed by atoms with Gasteiger partial charge in [0, 0.05) is 19.3 Å². The van der Waals surface area contributed by atoms with Gasteiger partial charge in [-0.25, -0.2) is 0 Å². The number of nitrogens with one attached hydrogen (secondary N) is 1. The van der Waals surface area contributed by atoms with Crippen LogP contribution in [0.5, 0.6) is 0 Å². The summed E-state index contributed by atoms with van der Waals surface area (Å²) in [6, 6.07) is 0.702. The molecule has 1 unspecified atom stereocenters. The molecule has 0 saturated heterocycles. The van der Waals surface area contributed by atoms with E-state index in [0.717, 1.165) is 18.9 Å². The summed E-state index contributed by atoms with van der Waals surface area (Å²) < 4.78 is 1.91. The van der Waals surface area contributed by atoms with Crippen LogP contribution in [-0.4, -0.2) is 22.4 Å². The molecule has 0 aliphatic heterocycles. The quantitative estimate of drug-likeness (QED) is 0.770. The number of nitrogens with zero attached hydrogens (tertiary/aromatic N) is 2. The predicted molar refractivity (Wildman–Crippen MR) is 84.8 cm³/mol. The van der Waals surface area contributed by atoms with E-state index >= 15 is 0 Å². The second kappa shape index (κ2) is 8.46. The molecule has 0 bridgehead atoms. The lowest BCUT2D eigenvalue weighted by molar-refractivity contribution is 0.305. The van der Waals surface area contributed by atoms with Crippen LogP contribution in [0, 0.1) is 5.92 Å². The highest BCUT2D eigenvalue weighted by Crippen LogP contribution is 2.27. The summed E-state index contributed by atoms with van der Waals surface area (Å²) in [5.41, 5.74) is 1.38. The van der Waals surface area contributed by atoms with E-state index in [1.54, 1.807) is 0 Å². The molecular weight excluding hydrogens is 246 g/mol. The first-order valence-corrected chi connectivity index (χ1v) is 8.50. The zero-order valence-electron chi connectivity index (χ0n) is 13.3. The summed E-state index contributed by atoms with van der Waals surface area (Å²) in [6.07, 6.45) is 16.4. The van der Waals surface area contributed by atoms with Crippen LogP contribution >= 0.6 is 0 Å². The van der Waals surface area contributed by atoms with Crippen molar-refractivity contribution in [2.75, 3.05) is 6.54 Å². The highest BCUT2D eigenvalue weighted by Gasteiger charge is 2.22. The van der Waals surface area contributed by atoms with Crippen molar-refractivity contribution in [2.45, 2.75) is 70.8 Å². The fourth-order valence-corrected chi connectivity index (χ4v) is 3.47. The molecule has 1 aliphatic carbocycles. The molecule has 1 saturated carbocycles. The van der Waals surface area contributed by atoms with Gasteiger partial charge in [-0.05, 0) is 50.1 Å². The molecule has 1 heterocycles. The molecule has 0 aromatic carbocycles. The van der Waals surface area contributed by atoms with Gasteiger partial charge in [-0.15, -0.1) is 0 Å². The number of hydrogen-bond acceptors (Lipinski definition) is 2. The summed E-state index contributed by atoms with van der Waals surface area (Å²) in [6.45, 7) is 3.42. The molecule has 1 atom stereocenters. The molecule has 0 radical (unpaired) electrons. The zero-order chi connectivity index (χ0) is 14.2. The average molecular weight is 277 g/mol. The molecule has 0 spiro atoms. The van der Waals surface area contributed by atoms with Crippen LogP contribution in [-0.2, 0) is 13.5 Å². The van der Waals surface area contributed by atoms with Gasteiger partial charge < -0.3 is 5.32 Å². The second-order valence-electron chi connectivity index (χ2n) is 6.37. The Morgan fingerprint density at radius 3 is 2.65 bits per heavy atom. The normalized spacial score (nSPS) is 18.9. The Kier molecular flexibility index (Phi) is 6.58. The minimum Gasteiger partial charge on any atom is -0.314 e. The van der Waals surface area contributed by atoms with E-state index in [1.807, 2.05) is 17.9 Å². The molecule has 0 amide bonds. The molecule has 3 heteroatoms. The fraction of sp³-hybridized carbons (Fsp3) is 0.824. The van der Waals surface area contributed by atoms with E-state index in [9.17, 15) is 0 Å². The van der Waals surface area contributed by atoms with Crippen molar-refractivity contribution in [3.63, 3.8) is 0 Å². The molecule has 20 heavy (non-hydrogen) atoms. The third kappa shape index (κ3) is 4.93. The van der Waals surface area contributed by atoms with Crippen LogP contribution in [0.2, 0.25) is 0 Å². The van der Waals surface area contributed by atoms with Crippen molar-refractivity contribution in [1.82, 2.24) is 15.1 Å². The van der Waals surface area contributed by atoms with Crippen LogP contribution in [0.25, 0.3) is 0 Å². The number of hydrogen-bond donors (Lipinski definition) is 1. The lowest BCUT2D eigenvalue weighted by atomic mass is 9.88. The molecule has 1 aromatic heterocycles. The Morgan fingerprint density at radius 1 is 1.30 bits per heavy atom. The van der Waals surface area contributed by atoms with Gasteiger partial charge in [0.2, 0.25) is 0 Å². The third-order valence-electron chi connectivity index (χ3n) is 4.63. The summed E-state index contributed by atoms with van der Waals surface area (Å²) in [5, 5.41) is 8.10. The van der Waals surface area contributed by atoms with Crippen molar-refractivity contribution in [1.29, 1.82) is 0 Å². The van der Waals surface area contributed by atoms with E-state index in [2.05, 4.69) is 23.5 Å². The lowest BCUT2D eigenvalue weighted by Gasteiger charge is -2.27. The van der Waals surface area contributed by atoms with E-state index in [1.165, 1.54) is 56.9 Å². The summed E-state index contributed by atoms with van der Waals surface area (Å²) in [4.78, 5) is 0. The van der Waals surface area contributed by atoms with Crippen LogP contribution in [0.4, 0.5) is 0 Å². The van der Waals surface area contributed by atoms with Gasteiger partial charge in [0.25, 0.3) is 0 Å². The minimum atomic E-state index is 0.702. The molecular formula is C17H31N3. The maximum absolute atomic E-state index is 4.28. The third-order valence-corrected chi connectivity index (χ3v) is 4.63. The zero-order valence-corrected chi connectivity index (χ0v) is 13.3. The van der Waals surface area contributed by atoms with Crippen molar-refractivity contribution in [2.24, 2.45) is 13.0 Å². The highest BCUT2D eigenvalue weighted by atomic mass is 15.2. The van der Waals surface area contributed by atoms with Gasteiger partial charge in [-0.3, -0.25) is 4.68 Å². The minimum absolute atomic E-state index is 0.702. The molecule has 3 nitrogen and oxygen atoms in total. The first-order chi connectivity index (χ1) is 9.79. The molecule has 114 valence electrons. The molecule has 1 aromatic rings. The topological polar surface area (TPSA) is 29.9 Å². The maximum Gasteiger partial charge on any atom is 0.0521 e. The van der Waals surface area contributed by atoms with Gasteiger partial charge in [0.05, 0.1) is 6.20 Å². The van der Waals surface area contributed by atoms with E-state index in [-0.39, 0.29) is 0 Å². The number of aryl methyl sites for hydroxylation is 2. The highest BCUT2D eigenvalue weighted by molar-refractivity contribution is 5.04. The summed E-state index contributed by atoms with van der Waals surface area (Å²) in [7, 11) is 2.00. The standard InChI is InChI=1S/C17H31N3/c1-3-12-18-17(16-8-6-4-5-7-9-16)11-10-15-13-19-20(2)14-15/h13-14,16-18H,3-12H2,1-2H3. The monoisotopic (exact) mass is 277 g/mol. The fourth-order valence-electron chi connectivity index (χ4n) is 3.47. The molecule has 1 N–H and O–H groups in total. The Morgan fingerprint density at radius 2 is 2.05 bits per heavy atom. The average Bonchev–Trinajstić information content (AvgIpc) is 2.70. The largest absolute Gasteiger partial charge is 0.314 e. The Bertz CT molecular complexity index is 364. The van der Waals surface area contributed by atoms with Crippen LogP contribution in [0.1, 0.15) is 63.9 Å². The number of aromatic nitrogens is 2. The van der Waals surface area contributed by atoms with Crippen molar-refractivity contribution in [3.8, 4) is 0 Å². The first-order valence-electron chi connectivity index (χ1n) is 8.50. The molecule has 1 fully saturated rings. The van der Waals surface area contributed by atoms with Crippen molar-refractivity contribution >= 4 is 0 Å². The Labute approximate surface area is 124 Å². The number of rotatable bonds is 7. The molecule has 1 aliphatic rings. The van der Waals surface area contributed by atoms with Crippen LogP contribution < -0.4 is 5.32 Å². The second-order valence-corrected chi connectivity index (χ2v) is 6.37. The lowest BCUT2D eigenvalue weighted by Crippen LogP contribution is -2.37. The molecule has 2 rings (SSSR count).